The smallest absolute Gasteiger partial charge is 0.122 e. The maximum absolute atomic E-state index is 4.28. The van der Waals surface area contributed by atoms with E-state index in [4.69, 9.17) is 0 Å². The first-order valence-electron chi connectivity index (χ1n) is 6.48. The van der Waals surface area contributed by atoms with Crippen molar-refractivity contribution in [3.8, 4) is 0 Å². The molecular formula is C13H26N4. The van der Waals surface area contributed by atoms with Crippen molar-refractivity contribution in [2.45, 2.75) is 39.3 Å². The molecule has 0 spiro atoms. The van der Waals surface area contributed by atoms with Crippen LogP contribution in [0.3, 0.4) is 0 Å². The Morgan fingerprint density at radius 1 is 1.41 bits per heavy atom. The van der Waals surface area contributed by atoms with Crippen molar-refractivity contribution in [3.05, 3.63) is 18.2 Å². The molecule has 4 heteroatoms. The standard InChI is InChI=1S/C13H26N4/c1-12(2)16(3)9-6-5-7-14-11-13-15-8-10-17(13)4/h8,10,12,14H,5-7,9,11H2,1-4H3. The number of nitrogens with zero attached hydrogens (tertiary/aromatic N) is 3. The van der Waals surface area contributed by atoms with Gasteiger partial charge in [0.1, 0.15) is 5.82 Å². The maximum Gasteiger partial charge on any atom is 0.122 e. The van der Waals surface area contributed by atoms with E-state index in [2.05, 4.69) is 40.7 Å². The van der Waals surface area contributed by atoms with Crippen LogP contribution in [0, 0.1) is 0 Å². The van der Waals surface area contributed by atoms with Crippen molar-refractivity contribution in [2.24, 2.45) is 7.05 Å². The molecular weight excluding hydrogens is 212 g/mol. The Kier molecular flexibility index (Phi) is 6.22. The third-order valence-electron chi connectivity index (χ3n) is 3.20. The molecule has 0 radical (unpaired) electrons. The van der Waals surface area contributed by atoms with Gasteiger partial charge in [0.15, 0.2) is 0 Å². The van der Waals surface area contributed by atoms with Crippen LogP contribution in [0.15, 0.2) is 12.4 Å². The summed E-state index contributed by atoms with van der Waals surface area (Å²) in [4.78, 5) is 6.66. The lowest BCUT2D eigenvalue weighted by molar-refractivity contribution is 0.268. The van der Waals surface area contributed by atoms with E-state index in [0.29, 0.717) is 6.04 Å². The van der Waals surface area contributed by atoms with Crippen molar-refractivity contribution < 1.29 is 0 Å². The normalized spacial score (nSPS) is 11.6. The molecule has 98 valence electrons. The number of rotatable bonds is 8. The predicted molar refractivity (Wildman–Crippen MR) is 71.9 cm³/mol. The molecule has 0 aliphatic heterocycles. The van der Waals surface area contributed by atoms with Crippen LogP contribution in [0.5, 0.6) is 0 Å². The van der Waals surface area contributed by atoms with E-state index < -0.39 is 0 Å². The van der Waals surface area contributed by atoms with Crippen LogP contribution in [0.4, 0.5) is 0 Å². The first-order valence-corrected chi connectivity index (χ1v) is 6.48. The molecule has 0 saturated heterocycles. The van der Waals surface area contributed by atoms with Gasteiger partial charge < -0.3 is 14.8 Å². The maximum atomic E-state index is 4.28. The molecule has 0 bridgehead atoms. The first-order chi connectivity index (χ1) is 8.11. The zero-order valence-corrected chi connectivity index (χ0v) is 11.6. The quantitative estimate of drug-likeness (QED) is 0.699. The van der Waals surface area contributed by atoms with Gasteiger partial charge in [0.25, 0.3) is 0 Å². The van der Waals surface area contributed by atoms with Crippen LogP contribution in [0.1, 0.15) is 32.5 Å². The highest BCUT2D eigenvalue weighted by Gasteiger charge is 2.02. The zero-order valence-electron chi connectivity index (χ0n) is 11.6. The lowest BCUT2D eigenvalue weighted by Crippen LogP contribution is -2.28. The van der Waals surface area contributed by atoms with Crippen molar-refractivity contribution in [1.29, 1.82) is 0 Å². The van der Waals surface area contributed by atoms with Gasteiger partial charge in [-0.15, -0.1) is 0 Å². The topological polar surface area (TPSA) is 33.1 Å². The third-order valence-corrected chi connectivity index (χ3v) is 3.20. The fourth-order valence-electron chi connectivity index (χ4n) is 1.64. The molecule has 1 aromatic rings. The molecule has 4 nitrogen and oxygen atoms in total. The van der Waals surface area contributed by atoms with Crippen molar-refractivity contribution in [1.82, 2.24) is 19.8 Å². The van der Waals surface area contributed by atoms with Crippen LogP contribution in [0.2, 0.25) is 0 Å². The highest BCUT2D eigenvalue weighted by Crippen LogP contribution is 1.98. The Labute approximate surface area is 105 Å². The van der Waals surface area contributed by atoms with Gasteiger partial charge in [-0.3, -0.25) is 0 Å². The summed E-state index contributed by atoms with van der Waals surface area (Å²) in [7, 11) is 4.22. The van der Waals surface area contributed by atoms with E-state index in [0.717, 1.165) is 18.9 Å². The molecule has 1 aromatic heterocycles. The van der Waals surface area contributed by atoms with Crippen LogP contribution in [-0.2, 0) is 13.6 Å². The van der Waals surface area contributed by atoms with Gasteiger partial charge in [-0.1, -0.05) is 0 Å². The van der Waals surface area contributed by atoms with E-state index in [-0.39, 0.29) is 0 Å². The van der Waals surface area contributed by atoms with Gasteiger partial charge >= 0.3 is 0 Å². The van der Waals surface area contributed by atoms with Gasteiger partial charge in [-0.25, -0.2) is 4.98 Å². The molecule has 1 N–H and O–H groups in total. The lowest BCUT2D eigenvalue weighted by Gasteiger charge is -2.20. The van der Waals surface area contributed by atoms with Crippen LogP contribution in [-0.4, -0.2) is 40.6 Å². The fraction of sp³-hybridized carbons (Fsp3) is 0.769. The third kappa shape index (κ3) is 5.33. The van der Waals surface area contributed by atoms with Crippen LogP contribution in [0.25, 0.3) is 0 Å². The van der Waals surface area contributed by atoms with Gasteiger partial charge in [0.05, 0.1) is 6.54 Å². The summed E-state index contributed by atoms with van der Waals surface area (Å²) in [5.41, 5.74) is 0. The van der Waals surface area contributed by atoms with E-state index in [1.165, 1.54) is 19.4 Å². The summed E-state index contributed by atoms with van der Waals surface area (Å²) in [6, 6.07) is 0.649. The highest BCUT2D eigenvalue weighted by molar-refractivity contribution is 4.90. The summed E-state index contributed by atoms with van der Waals surface area (Å²) in [5.74, 6) is 1.10. The fourth-order valence-corrected chi connectivity index (χ4v) is 1.64. The number of aromatic nitrogens is 2. The van der Waals surface area contributed by atoms with Gasteiger partial charge in [-0.05, 0) is 46.8 Å². The number of hydrogen-bond acceptors (Lipinski definition) is 3. The average molecular weight is 238 g/mol. The predicted octanol–water partition coefficient (Wildman–Crippen LogP) is 1.63. The molecule has 0 aromatic carbocycles. The average Bonchev–Trinajstić information content (AvgIpc) is 2.68. The number of unbranched alkanes of at least 4 members (excludes halogenated alkanes) is 1. The van der Waals surface area contributed by atoms with Crippen molar-refractivity contribution >= 4 is 0 Å². The molecule has 17 heavy (non-hydrogen) atoms. The molecule has 0 saturated carbocycles. The summed E-state index contributed by atoms with van der Waals surface area (Å²) in [5, 5.41) is 3.43. The minimum atomic E-state index is 0.649. The van der Waals surface area contributed by atoms with Gasteiger partial charge in [-0.2, -0.15) is 0 Å². The Morgan fingerprint density at radius 3 is 2.76 bits per heavy atom. The van der Waals surface area contributed by atoms with Gasteiger partial charge in [0, 0.05) is 25.5 Å². The van der Waals surface area contributed by atoms with E-state index >= 15 is 0 Å². The van der Waals surface area contributed by atoms with Crippen molar-refractivity contribution in [3.63, 3.8) is 0 Å². The molecule has 0 unspecified atom stereocenters. The zero-order chi connectivity index (χ0) is 12.7. The lowest BCUT2D eigenvalue weighted by atomic mass is 10.2. The number of nitrogens with one attached hydrogen (secondary N) is 1. The minimum absolute atomic E-state index is 0.649. The summed E-state index contributed by atoms with van der Waals surface area (Å²) < 4.78 is 2.06. The molecule has 0 amide bonds. The monoisotopic (exact) mass is 238 g/mol. The molecule has 1 rings (SSSR count). The molecule has 1 heterocycles. The summed E-state index contributed by atoms with van der Waals surface area (Å²) in [6.07, 6.45) is 6.30. The van der Waals surface area contributed by atoms with E-state index in [9.17, 15) is 0 Å². The second-order valence-electron chi connectivity index (χ2n) is 4.91. The summed E-state index contributed by atoms with van der Waals surface area (Å²) in [6.45, 7) is 7.59. The first kappa shape index (κ1) is 14.2. The molecule has 0 atom stereocenters. The number of aryl methyl sites for hydroxylation is 1. The molecule has 0 aliphatic rings. The van der Waals surface area contributed by atoms with Gasteiger partial charge in [0.2, 0.25) is 0 Å². The minimum Gasteiger partial charge on any atom is -0.337 e. The molecule has 0 fully saturated rings. The number of imidazole rings is 1. The largest absolute Gasteiger partial charge is 0.337 e. The van der Waals surface area contributed by atoms with Crippen molar-refractivity contribution in [2.75, 3.05) is 20.1 Å². The number of hydrogen-bond donors (Lipinski definition) is 1. The summed E-state index contributed by atoms with van der Waals surface area (Å²) >= 11 is 0. The highest BCUT2D eigenvalue weighted by atomic mass is 15.1. The SMILES string of the molecule is CC(C)N(C)CCCCNCc1nccn1C. The van der Waals surface area contributed by atoms with Crippen LogP contribution >= 0.6 is 0 Å². The Bertz CT molecular complexity index is 306. The molecule has 0 aliphatic carbocycles. The Balaban J connectivity index is 2.00. The van der Waals surface area contributed by atoms with E-state index in [1.807, 2.05) is 19.4 Å². The Hall–Kier alpha value is -0.870. The second kappa shape index (κ2) is 7.45. The van der Waals surface area contributed by atoms with E-state index in [1.54, 1.807) is 0 Å². The van der Waals surface area contributed by atoms with Crippen LogP contribution < -0.4 is 5.32 Å². The Morgan fingerprint density at radius 2 is 2.18 bits per heavy atom. The second-order valence-corrected chi connectivity index (χ2v) is 4.91.